The minimum Gasteiger partial charge on any atom is -0.486 e. The number of ether oxygens (including phenoxy) is 2. The zero-order valence-electron chi connectivity index (χ0n) is 17.7. The molecular formula is C24H24FN3O3. The molecule has 0 N–H and O–H groups in total. The Morgan fingerprint density at radius 1 is 1.23 bits per heavy atom. The number of aryl methyl sites for hydroxylation is 1. The molecule has 0 radical (unpaired) electrons. The maximum atomic E-state index is 13.3. The van der Waals surface area contributed by atoms with Gasteiger partial charge in [0.15, 0.2) is 5.76 Å². The second kappa shape index (κ2) is 8.63. The molecule has 7 heteroatoms. The summed E-state index contributed by atoms with van der Waals surface area (Å²) in [7, 11) is 1.58. The van der Waals surface area contributed by atoms with Gasteiger partial charge >= 0.3 is 6.01 Å². The molecule has 1 saturated heterocycles. The van der Waals surface area contributed by atoms with Crippen LogP contribution in [0.2, 0.25) is 0 Å². The normalized spacial score (nSPS) is 16.3. The van der Waals surface area contributed by atoms with Crippen LogP contribution in [0.5, 0.6) is 6.01 Å². The Labute approximate surface area is 180 Å². The molecule has 0 aliphatic carbocycles. The predicted octanol–water partition coefficient (Wildman–Crippen LogP) is 4.29. The molecule has 1 aliphatic rings. The zero-order valence-corrected chi connectivity index (χ0v) is 17.7. The number of hydrogen-bond acceptors (Lipinski definition) is 4. The molecule has 2 aromatic carbocycles. The summed E-state index contributed by atoms with van der Waals surface area (Å²) in [6.45, 7) is 4.70. The maximum absolute atomic E-state index is 13.3. The number of carbonyl (C=O) groups excluding carboxylic acids is 1. The third-order valence-electron chi connectivity index (χ3n) is 5.30. The van der Waals surface area contributed by atoms with Crippen LogP contribution in [0, 0.1) is 12.7 Å². The fraction of sp³-hybridized carbons (Fsp3) is 0.250. The van der Waals surface area contributed by atoms with Gasteiger partial charge in [0.2, 0.25) is 0 Å². The van der Waals surface area contributed by atoms with Crippen LogP contribution < -0.4 is 4.74 Å². The second-order valence-corrected chi connectivity index (χ2v) is 7.42. The largest absolute Gasteiger partial charge is 0.486 e. The van der Waals surface area contributed by atoms with Crippen molar-refractivity contribution in [2.45, 2.75) is 19.9 Å². The van der Waals surface area contributed by atoms with Gasteiger partial charge in [-0.15, -0.1) is 0 Å². The first-order chi connectivity index (χ1) is 15.0. The summed E-state index contributed by atoms with van der Waals surface area (Å²) in [6.07, 6.45) is 3.63. The standard InChI is InChI=1S/C24H24FN3O3/c1-16-15-28(24(26-16)30-3)21-6-4-5-18(13-21)14-22-23(29)27(11-12-31-22)17(2)19-7-9-20(25)10-8-19/h4-10,13-15,17H,11-12H2,1-3H3/b22-14-/t17-/m0/s1. The average molecular weight is 421 g/mol. The molecule has 1 fully saturated rings. The number of aromatic nitrogens is 2. The minimum atomic E-state index is -0.297. The molecular weight excluding hydrogens is 397 g/mol. The van der Waals surface area contributed by atoms with Crippen molar-refractivity contribution in [2.24, 2.45) is 0 Å². The van der Waals surface area contributed by atoms with Crippen LogP contribution in [0.1, 0.15) is 29.8 Å². The monoisotopic (exact) mass is 421 g/mol. The van der Waals surface area contributed by atoms with E-state index in [1.54, 1.807) is 30.2 Å². The SMILES string of the molecule is COc1nc(C)cn1-c1cccc(/C=C2\OCCN([C@@H](C)c3ccc(F)cc3)C2=O)c1. The number of halogens is 1. The van der Waals surface area contributed by atoms with E-state index in [0.29, 0.717) is 19.2 Å². The van der Waals surface area contributed by atoms with Gasteiger partial charge in [-0.1, -0.05) is 24.3 Å². The van der Waals surface area contributed by atoms with Crippen molar-refractivity contribution in [3.05, 3.63) is 83.1 Å². The van der Waals surface area contributed by atoms with Crippen LogP contribution >= 0.6 is 0 Å². The third kappa shape index (κ3) is 4.30. The molecule has 0 unspecified atom stereocenters. The van der Waals surface area contributed by atoms with Gasteiger partial charge in [0.25, 0.3) is 5.91 Å². The van der Waals surface area contributed by atoms with Crippen LogP contribution in [0.25, 0.3) is 11.8 Å². The van der Waals surface area contributed by atoms with E-state index in [-0.39, 0.29) is 23.5 Å². The highest BCUT2D eigenvalue weighted by Crippen LogP contribution is 2.26. The minimum absolute atomic E-state index is 0.190. The quantitative estimate of drug-likeness (QED) is 0.577. The van der Waals surface area contributed by atoms with Gasteiger partial charge in [-0.3, -0.25) is 9.36 Å². The summed E-state index contributed by atoms with van der Waals surface area (Å²) in [5.41, 5.74) is 3.41. The first-order valence-electron chi connectivity index (χ1n) is 10.1. The summed E-state index contributed by atoms with van der Waals surface area (Å²) in [5, 5.41) is 0. The molecule has 160 valence electrons. The molecule has 0 saturated carbocycles. The van der Waals surface area contributed by atoms with Gasteiger partial charge in [-0.2, -0.15) is 0 Å². The lowest BCUT2D eigenvalue weighted by Crippen LogP contribution is -2.41. The van der Waals surface area contributed by atoms with Crippen LogP contribution in [-0.4, -0.2) is 40.6 Å². The Bertz CT molecular complexity index is 1120. The lowest BCUT2D eigenvalue weighted by Gasteiger charge is -2.34. The summed E-state index contributed by atoms with van der Waals surface area (Å²) in [4.78, 5) is 19.2. The molecule has 4 rings (SSSR count). The number of rotatable bonds is 5. The molecule has 3 aromatic rings. The van der Waals surface area contributed by atoms with Gasteiger partial charge in [0.1, 0.15) is 12.4 Å². The number of morpholine rings is 1. The lowest BCUT2D eigenvalue weighted by atomic mass is 10.1. The Balaban J connectivity index is 1.60. The van der Waals surface area contributed by atoms with Crippen molar-refractivity contribution in [1.82, 2.24) is 14.5 Å². The smallest absolute Gasteiger partial charge is 0.300 e. The molecule has 0 bridgehead atoms. The molecule has 0 spiro atoms. The first-order valence-corrected chi connectivity index (χ1v) is 10.1. The van der Waals surface area contributed by atoms with E-state index in [9.17, 15) is 9.18 Å². The van der Waals surface area contributed by atoms with Gasteiger partial charge in [0, 0.05) is 6.20 Å². The van der Waals surface area contributed by atoms with Gasteiger partial charge in [0.05, 0.1) is 31.1 Å². The zero-order chi connectivity index (χ0) is 22.0. The van der Waals surface area contributed by atoms with E-state index in [2.05, 4.69) is 4.98 Å². The van der Waals surface area contributed by atoms with Crippen molar-refractivity contribution in [3.8, 4) is 11.7 Å². The van der Waals surface area contributed by atoms with Crippen molar-refractivity contribution in [1.29, 1.82) is 0 Å². The topological polar surface area (TPSA) is 56.6 Å². The fourth-order valence-corrected chi connectivity index (χ4v) is 3.67. The number of nitrogens with zero attached hydrogens (tertiary/aromatic N) is 3. The Kier molecular flexibility index (Phi) is 5.75. The van der Waals surface area contributed by atoms with Crippen LogP contribution in [0.4, 0.5) is 4.39 Å². The summed E-state index contributed by atoms with van der Waals surface area (Å²) >= 11 is 0. The Morgan fingerprint density at radius 3 is 2.74 bits per heavy atom. The maximum Gasteiger partial charge on any atom is 0.300 e. The highest BCUT2D eigenvalue weighted by atomic mass is 19.1. The Morgan fingerprint density at radius 2 is 2.00 bits per heavy atom. The lowest BCUT2D eigenvalue weighted by molar-refractivity contribution is -0.137. The summed E-state index contributed by atoms with van der Waals surface area (Å²) in [5.74, 6) is -0.204. The van der Waals surface area contributed by atoms with Gasteiger partial charge < -0.3 is 14.4 Å². The molecule has 2 heterocycles. The molecule has 1 amide bonds. The second-order valence-electron chi connectivity index (χ2n) is 7.42. The van der Waals surface area contributed by atoms with E-state index in [4.69, 9.17) is 9.47 Å². The number of hydrogen-bond donors (Lipinski definition) is 0. The highest BCUT2D eigenvalue weighted by Gasteiger charge is 2.29. The van der Waals surface area contributed by atoms with Crippen LogP contribution in [0.15, 0.2) is 60.5 Å². The number of amides is 1. The number of benzene rings is 2. The van der Waals surface area contributed by atoms with Crippen molar-refractivity contribution in [2.75, 3.05) is 20.3 Å². The third-order valence-corrected chi connectivity index (χ3v) is 5.30. The summed E-state index contributed by atoms with van der Waals surface area (Å²) in [6, 6.07) is 14.2. The fourth-order valence-electron chi connectivity index (χ4n) is 3.67. The van der Waals surface area contributed by atoms with Gasteiger partial charge in [-0.05, 0) is 55.3 Å². The van der Waals surface area contributed by atoms with E-state index in [1.807, 2.05) is 48.9 Å². The van der Waals surface area contributed by atoms with E-state index in [0.717, 1.165) is 22.5 Å². The van der Waals surface area contributed by atoms with Crippen molar-refractivity contribution >= 4 is 12.0 Å². The molecule has 1 aromatic heterocycles. The Hall–Kier alpha value is -3.61. The molecule has 1 aliphatic heterocycles. The predicted molar refractivity (Wildman–Crippen MR) is 115 cm³/mol. The highest BCUT2D eigenvalue weighted by molar-refractivity contribution is 5.96. The first kappa shape index (κ1) is 20.7. The van der Waals surface area contributed by atoms with E-state index < -0.39 is 0 Å². The molecule has 31 heavy (non-hydrogen) atoms. The van der Waals surface area contributed by atoms with Crippen molar-refractivity contribution in [3.63, 3.8) is 0 Å². The van der Waals surface area contributed by atoms with Crippen molar-refractivity contribution < 1.29 is 18.7 Å². The molecule has 6 nitrogen and oxygen atoms in total. The van der Waals surface area contributed by atoms with Gasteiger partial charge in [-0.25, -0.2) is 9.37 Å². The number of imidazole rings is 1. The average Bonchev–Trinajstić information content (AvgIpc) is 3.16. The van der Waals surface area contributed by atoms with Crippen LogP contribution in [-0.2, 0) is 9.53 Å². The summed E-state index contributed by atoms with van der Waals surface area (Å²) < 4.78 is 26.1. The van der Waals surface area contributed by atoms with E-state index in [1.165, 1.54) is 12.1 Å². The number of carbonyl (C=O) groups is 1. The van der Waals surface area contributed by atoms with Crippen LogP contribution in [0.3, 0.4) is 0 Å². The number of methoxy groups -OCH3 is 1. The van der Waals surface area contributed by atoms with E-state index >= 15 is 0 Å². The molecule has 1 atom stereocenters.